The molecule has 0 radical (unpaired) electrons. The molecular weight excluding hydrogens is 270 g/mol. The van der Waals surface area contributed by atoms with Gasteiger partial charge in [-0.1, -0.05) is 0 Å². The van der Waals surface area contributed by atoms with E-state index in [1.54, 1.807) is 35.8 Å². The van der Waals surface area contributed by atoms with Gasteiger partial charge in [-0.25, -0.2) is 0 Å². The summed E-state index contributed by atoms with van der Waals surface area (Å²) in [6.07, 6.45) is 3.63. The lowest BCUT2D eigenvalue weighted by Crippen LogP contribution is -2.33. The Morgan fingerprint density at radius 2 is 1.86 bits per heavy atom. The van der Waals surface area contributed by atoms with Gasteiger partial charge in [-0.15, -0.1) is 0 Å². The molecule has 104 valence electrons. The highest BCUT2D eigenvalue weighted by Gasteiger charge is 2.15. The van der Waals surface area contributed by atoms with E-state index in [1.165, 1.54) is 16.7 Å². The number of rotatable bonds is 2. The summed E-state index contributed by atoms with van der Waals surface area (Å²) in [6.45, 7) is 0. The predicted octanol–water partition coefficient (Wildman–Crippen LogP) is 1.70. The fourth-order valence-corrected chi connectivity index (χ4v) is 2.27. The van der Waals surface area contributed by atoms with Crippen molar-refractivity contribution in [3.05, 3.63) is 75.3 Å². The summed E-state index contributed by atoms with van der Waals surface area (Å²) < 4.78 is 3.29. The Labute approximate surface area is 119 Å². The smallest absolute Gasteiger partial charge is 0.300 e. The van der Waals surface area contributed by atoms with Gasteiger partial charge < -0.3 is 4.57 Å². The zero-order valence-corrected chi connectivity index (χ0v) is 11.3. The van der Waals surface area contributed by atoms with E-state index in [4.69, 9.17) is 0 Å². The molecule has 0 saturated carbocycles. The molecule has 0 bridgehead atoms. The van der Waals surface area contributed by atoms with Crippen LogP contribution in [0.3, 0.4) is 0 Å². The summed E-state index contributed by atoms with van der Waals surface area (Å²) in [5.74, 6) is 0. The molecule has 2 heterocycles. The molecule has 0 N–H and O–H groups in total. The van der Waals surface area contributed by atoms with E-state index in [9.17, 15) is 14.9 Å². The Balaban J connectivity index is 2.22. The molecule has 0 aliphatic rings. The first kappa shape index (κ1) is 13.0. The molecule has 1 aromatic carbocycles. The Morgan fingerprint density at radius 1 is 1.14 bits per heavy atom. The molecule has 21 heavy (non-hydrogen) atoms. The maximum absolute atomic E-state index is 12.3. The van der Waals surface area contributed by atoms with Crippen molar-refractivity contribution in [1.82, 2.24) is 4.57 Å². The third kappa shape index (κ3) is 2.16. The highest BCUT2D eigenvalue weighted by atomic mass is 16.6. The molecule has 0 fully saturated rings. The van der Waals surface area contributed by atoms with E-state index >= 15 is 0 Å². The minimum Gasteiger partial charge on any atom is -0.300 e. The largest absolute Gasteiger partial charge is 0.323 e. The summed E-state index contributed by atoms with van der Waals surface area (Å²) in [5.41, 5.74) is 1.92. The fourth-order valence-electron chi connectivity index (χ4n) is 2.27. The summed E-state index contributed by atoms with van der Waals surface area (Å²) in [7, 11) is 1.69. The van der Waals surface area contributed by atoms with Gasteiger partial charge in [0.1, 0.15) is 5.69 Å². The summed E-state index contributed by atoms with van der Waals surface area (Å²) >= 11 is 0. The van der Waals surface area contributed by atoms with Gasteiger partial charge in [-0.2, -0.15) is 4.40 Å². The van der Waals surface area contributed by atoms with Crippen LogP contribution in [0, 0.1) is 10.1 Å². The average Bonchev–Trinajstić information content (AvgIpc) is 2.51. The van der Waals surface area contributed by atoms with Gasteiger partial charge in [0.25, 0.3) is 11.2 Å². The fraction of sp³-hybridized carbons (Fsp3) is 0.0667. The van der Waals surface area contributed by atoms with Crippen molar-refractivity contribution >= 4 is 11.2 Å². The SMILES string of the molecule is Cn1c(-c2ccc([N+](=O)[O-])cc2)c[n+]2ccccc2c1=O. The zero-order valence-electron chi connectivity index (χ0n) is 11.3. The number of aromatic nitrogens is 2. The molecule has 3 rings (SSSR count). The Hall–Kier alpha value is -3.02. The Kier molecular flexibility index (Phi) is 2.98. The van der Waals surface area contributed by atoms with E-state index in [0.717, 1.165) is 5.56 Å². The van der Waals surface area contributed by atoms with E-state index in [0.29, 0.717) is 11.2 Å². The highest BCUT2D eigenvalue weighted by molar-refractivity contribution is 5.61. The molecule has 0 aliphatic heterocycles. The maximum atomic E-state index is 12.3. The molecule has 0 saturated heterocycles. The lowest BCUT2D eigenvalue weighted by Gasteiger charge is -2.06. The quantitative estimate of drug-likeness (QED) is 0.408. The lowest BCUT2D eigenvalue weighted by molar-refractivity contribution is -0.512. The molecule has 3 aromatic rings. The van der Waals surface area contributed by atoms with Gasteiger partial charge in [0.05, 0.1) is 4.92 Å². The predicted molar refractivity (Wildman–Crippen MR) is 76.9 cm³/mol. The van der Waals surface area contributed by atoms with Crippen LogP contribution in [0.1, 0.15) is 0 Å². The van der Waals surface area contributed by atoms with Crippen molar-refractivity contribution in [2.75, 3.05) is 0 Å². The van der Waals surface area contributed by atoms with E-state index in [2.05, 4.69) is 0 Å². The van der Waals surface area contributed by atoms with Gasteiger partial charge in [0.2, 0.25) is 0 Å². The van der Waals surface area contributed by atoms with Crippen molar-refractivity contribution in [3.8, 4) is 11.3 Å². The topological polar surface area (TPSA) is 69.2 Å². The van der Waals surface area contributed by atoms with Gasteiger partial charge in [0, 0.05) is 36.9 Å². The number of benzene rings is 1. The van der Waals surface area contributed by atoms with Crippen LogP contribution in [0.25, 0.3) is 16.8 Å². The Bertz CT molecular complexity index is 898. The summed E-state index contributed by atoms with van der Waals surface area (Å²) in [4.78, 5) is 22.6. The number of hydrogen-bond acceptors (Lipinski definition) is 3. The molecule has 0 atom stereocenters. The number of fused-ring (bicyclic) bond motifs is 1. The van der Waals surface area contributed by atoms with Crippen molar-refractivity contribution in [3.63, 3.8) is 0 Å². The van der Waals surface area contributed by atoms with Crippen molar-refractivity contribution in [1.29, 1.82) is 0 Å². The zero-order chi connectivity index (χ0) is 15.0. The normalized spacial score (nSPS) is 10.7. The molecule has 0 aliphatic carbocycles. The van der Waals surface area contributed by atoms with Crippen LogP contribution in [-0.4, -0.2) is 9.49 Å². The minimum atomic E-state index is -0.446. The molecule has 6 nitrogen and oxygen atoms in total. The van der Waals surface area contributed by atoms with Crippen molar-refractivity contribution in [2.24, 2.45) is 7.05 Å². The average molecular weight is 282 g/mol. The van der Waals surface area contributed by atoms with Crippen LogP contribution in [-0.2, 0) is 7.05 Å². The number of nitro groups is 1. The van der Waals surface area contributed by atoms with Crippen molar-refractivity contribution in [2.45, 2.75) is 0 Å². The first-order valence-electron chi connectivity index (χ1n) is 6.33. The summed E-state index contributed by atoms with van der Waals surface area (Å²) in [6, 6.07) is 11.5. The van der Waals surface area contributed by atoms with E-state index in [1.807, 2.05) is 18.3 Å². The molecule has 0 spiro atoms. The third-order valence-electron chi connectivity index (χ3n) is 3.41. The number of hydrogen-bond donors (Lipinski definition) is 0. The molecule has 0 amide bonds. The summed E-state index contributed by atoms with van der Waals surface area (Å²) in [5, 5.41) is 10.7. The number of nitrogens with zero attached hydrogens (tertiary/aromatic N) is 3. The first-order valence-corrected chi connectivity index (χ1v) is 6.33. The van der Waals surface area contributed by atoms with Gasteiger partial charge in [-0.05, 0) is 18.2 Å². The van der Waals surface area contributed by atoms with Crippen LogP contribution in [0.4, 0.5) is 5.69 Å². The maximum Gasteiger partial charge on any atom is 0.323 e. The number of nitro benzene ring substituents is 1. The minimum absolute atomic E-state index is 0.0252. The van der Waals surface area contributed by atoms with Crippen LogP contribution in [0.5, 0.6) is 0 Å². The second kappa shape index (κ2) is 4.82. The van der Waals surface area contributed by atoms with Gasteiger partial charge >= 0.3 is 5.56 Å². The second-order valence-corrected chi connectivity index (χ2v) is 4.68. The second-order valence-electron chi connectivity index (χ2n) is 4.68. The molecule has 0 unspecified atom stereocenters. The molecular formula is C15H12N3O3+. The number of non-ortho nitro benzene ring substituents is 1. The van der Waals surface area contributed by atoms with Crippen molar-refractivity contribution < 1.29 is 9.32 Å². The first-order chi connectivity index (χ1) is 10.1. The monoisotopic (exact) mass is 282 g/mol. The third-order valence-corrected chi connectivity index (χ3v) is 3.41. The number of pyridine rings is 1. The lowest BCUT2D eigenvalue weighted by atomic mass is 10.1. The van der Waals surface area contributed by atoms with Gasteiger partial charge in [0.15, 0.2) is 12.4 Å². The van der Waals surface area contributed by atoms with E-state index in [-0.39, 0.29) is 11.2 Å². The molecule has 2 aromatic heterocycles. The van der Waals surface area contributed by atoms with E-state index < -0.39 is 4.92 Å². The highest BCUT2D eigenvalue weighted by Crippen LogP contribution is 2.20. The van der Waals surface area contributed by atoms with Crippen LogP contribution in [0.15, 0.2) is 59.7 Å². The van der Waals surface area contributed by atoms with Crippen LogP contribution >= 0.6 is 0 Å². The Morgan fingerprint density at radius 3 is 2.52 bits per heavy atom. The standard InChI is InChI=1S/C15H12N3O3/c1-16-14(11-5-7-12(8-6-11)18(20)21)10-17-9-3-2-4-13(17)15(16)19/h2-10H,1H3/q+1. The van der Waals surface area contributed by atoms with Gasteiger partial charge in [-0.3, -0.25) is 14.9 Å². The molecule has 6 heteroatoms. The van der Waals surface area contributed by atoms with Crippen LogP contribution in [0.2, 0.25) is 0 Å². The van der Waals surface area contributed by atoms with Crippen LogP contribution < -0.4 is 9.96 Å².